The summed E-state index contributed by atoms with van der Waals surface area (Å²) in [6.45, 7) is 3.06. The molecule has 2 aromatic rings. The molecule has 0 aliphatic rings. The van der Waals surface area contributed by atoms with E-state index in [0.717, 1.165) is 52.9 Å². The number of carboxylic acids is 1. The minimum Gasteiger partial charge on any atom is -1.00 e. The summed E-state index contributed by atoms with van der Waals surface area (Å²) >= 11 is 0.875. The van der Waals surface area contributed by atoms with Gasteiger partial charge in [-0.05, 0) is 0 Å². The van der Waals surface area contributed by atoms with Crippen molar-refractivity contribution in [2.75, 3.05) is 0 Å². The fourth-order valence-corrected chi connectivity index (χ4v) is 3.57. The van der Waals surface area contributed by atoms with Crippen LogP contribution in [0.4, 0.5) is 0 Å². The largest absolute Gasteiger partial charge is 1.00 e. The van der Waals surface area contributed by atoms with Crippen LogP contribution < -0.4 is 16.7 Å². The van der Waals surface area contributed by atoms with E-state index < -0.39 is 5.97 Å². The monoisotopic (exact) mass is 315 g/mol. The Morgan fingerprint density at radius 3 is 2.67 bits per heavy atom. The molecule has 0 bridgehead atoms. The maximum atomic E-state index is 11.3. The number of para-hydroxylation sites is 1. The molecule has 2 rings (SSSR count). The van der Waals surface area contributed by atoms with Gasteiger partial charge >= 0.3 is 110 Å². The number of aromatic nitrogens is 1. The van der Waals surface area contributed by atoms with Crippen molar-refractivity contribution in [3.8, 4) is 0 Å². The molecule has 0 unspecified atom stereocenters. The number of benzene rings is 1. The third-order valence-corrected chi connectivity index (χ3v) is 4.57. The molecule has 0 amide bonds. The molecule has 0 spiro atoms. The van der Waals surface area contributed by atoms with Gasteiger partial charge in [-0.2, -0.15) is 0 Å². The first-order chi connectivity index (χ1) is 8.16. The summed E-state index contributed by atoms with van der Waals surface area (Å²) in [5.74, 6) is -0.808. The first-order valence-corrected chi connectivity index (χ1v) is 7.31. The molecule has 0 fully saturated rings. The van der Waals surface area contributed by atoms with Gasteiger partial charge in [-0.25, -0.2) is 0 Å². The van der Waals surface area contributed by atoms with Crippen LogP contribution in [0.5, 0.6) is 0 Å². The van der Waals surface area contributed by atoms with E-state index in [9.17, 15) is 9.90 Å². The molecule has 0 aliphatic heterocycles. The first-order valence-electron chi connectivity index (χ1n) is 5.83. The van der Waals surface area contributed by atoms with E-state index in [2.05, 4.69) is 11.5 Å². The first kappa shape index (κ1) is 15.2. The van der Waals surface area contributed by atoms with Crippen molar-refractivity contribution in [1.82, 2.24) is 4.57 Å². The molecule has 0 atom stereocenters. The van der Waals surface area contributed by atoms with Crippen molar-refractivity contribution in [3.05, 3.63) is 29.8 Å². The quantitative estimate of drug-likeness (QED) is 0.759. The number of nitrogens with zero attached hydrogens (tertiary/aromatic N) is 1. The SMILES string of the molecule is CCCCn1[c]([Zn+])c(C(=O)O)c2ccccc21.[Cl-]. The second-order valence-electron chi connectivity index (χ2n) is 4.15. The summed E-state index contributed by atoms with van der Waals surface area (Å²) in [6.07, 6.45) is 2.21. The van der Waals surface area contributed by atoms with Gasteiger partial charge in [0.05, 0.1) is 0 Å². The number of aromatic carboxylic acids is 1. The zero-order valence-corrected chi connectivity index (χ0v) is 14.0. The Labute approximate surface area is 122 Å². The Morgan fingerprint density at radius 1 is 1.39 bits per heavy atom. The summed E-state index contributed by atoms with van der Waals surface area (Å²) in [5, 5.41) is 10.2. The summed E-state index contributed by atoms with van der Waals surface area (Å²) in [4.78, 5) is 11.3. The summed E-state index contributed by atoms with van der Waals surface area (Å²) in [7, 11) is 0. The Hall–Kier alpha value is -0.857. The molecule has 0 aliphatic carbocycles. The zero-order valence-electron chi connectivity index (χ0n) is 10.3. The molecule has 1 heterocycles. The van der Waals surface area contributed by atoms with E-state index in [4.69, 9.17) is 0 Å². The van der Waals surface area contributed by atoms with Crippen molar-refractivity contribution < 1.29 is 40.6 Å². The topological polar surface area (TPSA) is 42.2 Å². The normalized spacial score (nSPS) is 10.4. The van der Waals surface area contributed by atoms with E-state index in [0.29, 0.717) is 5.56 Å². The van der Waals surface area contributed by atoms with Crippen LogP contribution in [0, 0.1) is 0 Å². The van der Waals surface area contributed by atoms with E-state index >= 15 is 0 Å². The number of unbranched alkanes of at least 4 members (excludes halogenated alkanes) is 1. The maximum absolute atomic E-state index is 11.3. The van der Waals surface area contributed by atoms with Gasteiger partial charge in [-0.1, -0.05) is 0 Å². The molecule has 1 aromatic heterocycles. The minimum atomic E-state index is -0.808. The van der Waals surface area contributed by atoms with Gasteiger partial charge in [0.1, 0.15) is 0 Å². The van der Waals surface area contributed by atoms with Gasteiger partial charge in [0, 0.05) is 0 Å². The van der Waals surface area contributed by atoms with E-state index in [1.807, 2.05) is 24.3 Å². The Morgan fingerprint density at radius 2 is 2.06 bits per heavy atom. The molecular weight excluding hydrogens is 303 g/mol. The summed E-state index contributed by atoms with van der Waals surface area (Å²) in [6, 6.07) is 7.78. The molecule has 5 heteroatoms. The van der Waals surface area contributed by atoms with E-state index in [1.165, 1.54) is 0 Å². The van der Waals surface area contributed by atoms with E-state index in [-0.39, 0.29) is 12.4 Å². The molecule has 3 nitrogen and oxygen atoms in total. The standard InChI is InChI=1S/C13H14NO2.ClH.Zn/c1-2-3-8-14-9-11(13(15)16)10-6-4-5-7-12(10)14;;/h4-7H,2-3,8H2,1H3,(H,15,16);1H;/q;;+1/p-1. The second-order valence-corrected chi connectivity index (χ2v) is 5.55. The van der Waals surface area contributed by atoms with Crippen LogP contribution in [0.15, 0.2) is 24.3 Å². The third kappa shape index (κ3) is 2.60. The van der Waals surface area contributed by atoms with Crippen LogP contribution in [-0.2, 0) is 24.8 Å². The molecular formula is C13H14ClNO2Zn. The van der Waals surface area contributed by atoms with Gasteiger partial charge < -0.3 is 12.4 Å². The predicted octanol–water partition coefficient (Wildman–Crippen LogP) is -0.684. The third-order valence-electron chi connectivity index (χ3n) is 3.03. The summed E-state index contributed by atoms with van der Waals surface area (Å²) < 4.78 is 3.15. The Kier molecular flexibility index (Phi) is 5.36. The zero-order chi connectivity index (χ0) is 12.4. The Balaban J connectivity index is 0.00000162. The van der Waals surface area contributed by atoms with E-state index in [1.54, 1.807) is 0 Å². The molecule has 92 valence electrons. The molecule has 18 heavy (non-hydrogen) atoms. The van der Waals surface area contributed by atoms with Crippen LogP contribution in [0.2, 0.25) is 0 Å². The number of carbonyl (C=O) groups is 1. The number of rotatable bonds is 4. The number of hydrogen-bond acceptors (Lipinski definition) is 1. The summed E-state index contributed by atoms with van der Waals surface area (Å²) in [5.41, 5.74) is 1.55. The number of carboxylic acid groups (broad SMARTS) is 1. The van der Waals surface area contributed by atoms with Crippen LogP contribution in [-0.4, -0.2) is 15.6 Å². The maximum Gasteiger partial charge on any atom is -1.00 e. The predicted molar refractivity (Wildman–Crippen MR) is 63.4 cm³/mol. The minimum absolute atomic E-state index is 0. The molecule has 1 aromatic carbocycles. The molecule has 0 saturated carbocycles. The van der Waals surface area contributed by atoms with Gasteiger partial charge in [0.15, 0.2) is 0 Å². The number of aryl methyl sites for hydroxylation is 1. The van der Waals surface area contributed by atoms with Crippen molar-refractivity contribution in [1.29, 1.82) is 0 Å². The average molecular weight is 317 g/mol. The molecule has 0 radical (unpaired) electrons. The van der Waals surface area contributed by atoms with Crippen LogP contribution >= 0.6 is 0 Å². The fraction of sp³-hybridized carbons (Fsp3) is 0.308. The Bertz CT molecular complexity index is 565. The van der Waals surface area contributed by atoms with Crippen LogP contribution in [0.1, 0.15) is 30.1 Å². The van der Waals surface area contributed by atoms with Crippen LogP contribution in [0.3, 0.4) is 0 Å². The van der Waals surface area contributed by atoms with Crippen molar-refractivity contribution >= 4 is 21.2 Å². The number of halogens is 1. The van der Waals surface area contributed by atoms with Crippen molar-refractivity contribution in [2.45, 2.75) is 26.3 Å². The molecule has 1 N–H and O–H groups in total. The van der Waals surface area contributed by atoms with Gasteiger partial charge in [0.2, 0.25) is 0 Å². The fourth-order valence-electron chi connectivity index (χ4n) is 2.17. The average Bonchev–Trinajstić information content (AvgIpc) is 2.58. The van der Waals surface area contributed by atoms with Gasteiger partial charge in [-0.3, -0.25) is 0 Å². The number of hydrogen-bond donors (Lipinski definition) is 1. The number of fused-ring (bicyclic) bond motifs is 1. The van der Waals surface area contributed by atoms with Gasteiger partial charge in [-0.15, -0.1) is 0 Å². The van der Waals surface area contributed by atoms with Crippen molar-refractivity contribution in [3.63, 3.8) is 0 Å². The smallest absolute Gasteiger partial charge is 1.00 e. The van der Waals surface area contributed by atoms with Crippen molar-refractivity contribution in [2.24, 2.45) is 0 Å². The van der Waals surface area contributed by atoms with Gasteiger partial charge in [0.25, 0.3) is 0 Å². The van der Waals surface area contributed by atoms with Crippen LogP contribution in [0.25, 0.3) is 10.9 Å². The molecule has 0 saturated heterocycles. The second kappa shape index (κ2) is 6.35.